The second kappa shape index (κ2) is 4.36. The van der Waals surface area contributed by atoms with Gasteiger partial charge < -0.3 is 10.6 Å². The van der Waals surface area contributed by atoms with E-state index in [0.717, 1.165) is 31.7 Å². The minimum absolute atomic E-state index is 0.172. The molecule has 0 aromatic rings. The van der Waals surface area contributed by atoms with E-state index in [1.165, 1.54) is 19.3 Å². The number of rotatable bonds is 3. The Kier molecular flexibility index (Phi) is 3.24. The van der Waals surface area contributed by atoms with Crippen molar-refractivity contribution >= 4 is 5.91 Å². The molecule has 0 aliphatic heterocycles. The molecule has 2 rings (SSSR count). The second-order valence-electron chi connectivity index (χ2n) is 5.99. The Morgan fingerprint density at radius 1 is 1.44 bits per heavy atom. The number of hydrogen-bond acceptors (Lipinski definition) is 2. The molecule has 0 heterocycles. The van der Waals surface area contributed by atoms with E-state index in [0.29, 0.717) is 5.92 Å². The molecule has 2 unspecified atom stereocenters. The van der Waals surface area contributed by atoms with Gasteiger partial charge in [0, 0.05) is 13.6 Å². The van der Waals surface area contributed by atoms with Crippen LogP contribution in [-0.2, 0) is 4.79 Å². The number of carbonyl (C=O) groups is 1. The summed E-state index contributed by atoms with van der Waals surface area (Å²) < 4.78 is 0. The van der Waals surface area contributed by atoms with Gasteiger partial charge in [-0.25, -0.2) is 0 Å². The van der Waals surface area contributed by atoms with Gasteiger partial charge in [0.2, 0.25) is 5.91 Å². The van der Waals surface area contributed by atoms with Gasteiger partial charge in [0.25, 0.3) is 0 Å². The monoisotopic (exact) mass is 224 g/mol. The van der Waals surface area contributed by atoms with Crippen LogP contribution < -0.4 is 5.73 Å². The van der Waals surface area contributed by atoms with Crippen molar-refractivity contribution in [1.29, 1.82) is 0 Å². The quantitative estimate of drug-likeness (QED) is 0.794. The van der Waals surface area contributed by atoms with Crippen molar-refractivity contribution in [2.24, 2.45) is 17.6 Å². The van der Waals surface area contributed by atoms with Crippen LogP contribution in [0.1, 0.15) is 45.4 Å². The van der Waals surface area contributed by atoms with E-state index in [9.17, 15) is 4.79 Å². The summed E-state index contributed by atoms with van der Waals surface area (Å²) in [4.78, 5) is 14.2. The number of likely N-dealkylation sites (N-methyl/N-ethyl adjacent to an activating group) is 1. The van der Waals surface area contributed by atoms with Crippen LogP contribution >= 0.6 is 0 Å². The molecule has 2 aliphatic carbocycles. The minimum atomic E-state index is -0.568. The van der Waals surface area contributed by atoms with Crippen LogP contribution in [0.4, 0.5) is 0 Å². The van der Waals surface area contributed by atoms with Crippen molar-refractivity contribution in [3.63, 3.8) is 0 Å². The summed E-state index contributed by atoms with van der Waals surface area (Å²) in [7, 11) is 1.91. The van der Waals surface area contributed by atoms with Gasteiger partial charge in [-0.1, -0.05) is 19.8 Å². The van der Waals surface area contributed by atoms with Crippen molar-refractivity contribution in [3.8, 4) is 0 Å². The Labute approximate surface area is 98.4 Å². The Balaban J connectivity index is 1.94. The molecule has 0 bridgehead atoms. The standard InChI is InChI=1S/C13H24N2O/c1-10-4-3-7-13(14,8-10)12(16)15(2)9-11-5-6-11/h10-11H,3-9,14H2,1-2H3. The zero-order valence-electron chi connectivity index (χ0n) is 10.5. The molecule has 3 nitrogen and oxygen atoms in total. The molecule has 0 saturated heterocycles. The molecule has 0 radical (unpaired) electrons. The summed E-state index contributed by atoms with van der Waals surface area (Å²) >= 11 is 0. The first kappa shape index (κ1) is 11.9. The van der Waals surface area contributed by atoms with Crippen LogP contribution in [0.5, 0.6) is 0 Å². The lowest BCUT2D eigenvalue weighted by molar-refractivity contribution is -0.137. The van der Waals surface area contributed by atoms with E-state index in [1.54, 1.807) is 0 Å². The summed E-state index contributed by atoms with van der Waals surface area (Å²) in [5.74, 6) is 1.52. The number of hydrogen-bond donors (Lipinski definition) is 1. The van der Waals surface area contributed by atoms with E-state index in [-0.39, 0.29) is 5.91 Å². The topological polar surface area (TPSA) is 46.3 Å². The molecule has 1 amide bonds. The molecule has 0 aromatic heterocycles. The highest BCUT2D eigenvalue weighted by Gasteiger charge is 2.40. The fourth-order valence-electron chi connectivity index (χ4n) is 2.94. The van der Waals surface area contributed by atoms with Gasteiger partial charge in [-0.05, 0) is 37.5 Å². The third-order valence-electron chi connectivity index (χ3n) is 4.03. The molecule has 0 spiro atoms. The third kappa shape index (κ3) is 2.57. The van der Waals surface area contributed by atoms with Gasteiger partial charge in [0.1, 0.15) is 0 Å². The van der Waals surface area contributed by atoms with Crippen LogP contribution in [0, 0.1) is 11.8 Å². The number of carbonyl (C=O) groups excluding carboxylic acids is 1. The van der Waals surface area contributed by atoms with Crippen LogP contribution in [0.2, 0.25) is 0 Å². The van der Waals surface area contributed by atoms with Crippen molar-refractivity contribution in [2.75, 3.05) is 13.6 Å². The van der Waals surface area contributed by atoms with E-state index in [4.69, 9.17) is 5.73 Å². The number of nitrogens with two attached hydrogens (primary N) is 1. The molecule has 2 saturated carbocycles. The van der Waals surface area contributed by atoms with Gasteiger partial charge in [-0.15, -0.1) is 0 Å². The Hall–Kier alpha value is -0.570. The maximum absolute atomic E-state index is 12.3. The lowest BCUT2D eigenvalue weighted by atomic mass is 9.76. The van der Waals surface area contributed by atoms with E-state index < -0.39 is 5.54 Å². The van der Waals surface area contributed by atoms with E-state index >= 15 is 0 Å². The summed E-state index contributed by atoms with van der Waals surface area (Å²) in [6, 6.07) is 0. The first-order chi connectivity index (χ1) is 7.51. The molecule has 2 atom stereocenters. The fraction of sp³-hybridized carbons (Fsp3) is 0.923. The maximum atomic E-state index is 12.3. The Morgan fingerprint density at radius 3 is 2.69 bits per heavy atom. The second-order valence-corrected chi connectivity index (χ2v) is 5.99. The van der Waals surface area contributed by atoms with Gasteiger partial charge in [0.15, 0.2) is 0 Å². The molecule has 2 aliphatic rings. The van der Waals surface area contributed by atoms with Gasteiger partial charge in [-0.3, -0.25) is 4.79 Å². The van der Waals surface area contributed by atoms with Crippen molar-refractivity contribution in [1.82, 2.24) is 4.90 Å². The van der Waals surface area contributed by atoms with Crippen molar-refractivity contribution in [2.45, 2.75) is 51.0 Å². The smallest absolute Gasteiger partial charge is 0.242 e. The van der Waals surface area contributed by atoms with Gasteiger partial charge in [-0.2, -0.15) is 0 Å². The highest BCUT2D eigenvalue weighted by Crippen LogP contribution is 2.33. The van der Waals surface area contributed by atoms with Gasteiger partial charge >= 0.3 is 0 Å². The zero-order valence-corrected chi connectivity index (χ0v) is 10.5. The third-order valence-corrected chi connectivity index (χ3v) is 4.03. The average molecular weight is 224 g/mol. The largest absolute Gasteiger partial charge is 0.344 e. The van der Waals surface area contributed by atoms with E-state index in [1.807, 2.05) is 11.9 Å². The van der Waals surface area contributed by atoms with Crippen LogP contribution in [0.3, 0.4) is 0 Å². The Bertz CT molecular complexity index is 275. The zero-order chi connectivity index (χ0) is 11.8. The Morgan fingerprint density at radius 2 is 2.12 bits per heavy atom. The van der Waals surface area contributed by atoms with Crippen LogP contribution in [-0.4, -0.2) is 29.9 Å². The maximum Gasteiger partial charge on any atom is 0.242 e. The minimum Gasteiger partial charge on any atom is -0.344 e. The molecule has 16 heavy (non-hydrogen) atoms. The first-order valence-electron chi connectivity index (χ1n) is 6.56. The fourth-order valence-corrected chi connectivity index (χ4v) is 2.94. The molecular weight excluding hydrogens is 200 g/mol. The highest BCUT2D eigenvalue weighted by molar-refractivity contribution is 5.86. The highest BCUT2D eigenvalue weighted by atomic mass is 16.2. The predicted octanol–water partition coefficient (Wildman–Crippen LogP) is 1.76. The van der Waals surface area contributed by atoms with Crippen LogP contribution in [0.25, 0.3) is 0 Å². The molecule has 3 heteroatoms. The summed E-state index contributed by atoms with van der Waals surface area (Å²) in [5, 5.41) is 0. The summed E-state index contributed by atoms with van der Waals surface area (Å²) in [6.07, 6.45) is 6.61. The molecule has 2 fully saturated rings. The number of nitrogens with zero attached hydrogens (tertiary/aromatic N) is 1. The molecule has 92 valence electrons. The number of amides is 1. The SMILES string of the molecule is CC1CCCC(N)(C(=O)N(C)CC2CC2)C1. The summed E-state index contributed by atoms with van der Waals surface area (Å²) in [6.45, 7) is 3.11. The van der Waals surface area contributed by atoms with Crippen molar-refractivity contribution in [3.05, 3.63) is 0 Å². The lowest BCUT2D eigenvalue weighted by Crippen LogP contribution is -2.56. The van der Waals surface area contributed by atoms with Crippen molar-refractivity contribution < 1.29 is 4.79 Å². The van der Waals surface area contributed by atoms with E-state index in [2.05, 4.69) is 6.92 Å². The average Bonchev–Trinajstić information content (AvgIpc) is 3.00. The molecular formula is C13H24N2O. The molecule has 0 aromatic carbocycles. The first-order valence-corrected chi connectivity index (χ1v) is 6.56. The van der Waals surface area contributed by atoms with Gasteiger partial charge in [0.05, 0.1) is 5.54 Å². The normalized spacial score (nSPS) is 34.8. The summed E-state index contributed by atoms with van der Waals surface area (Å²) in [5.41, 5.74) is 5.73. The predicted molar refractivity (Wildman–Crippen MR) is 64.9 cm³/mol. The molecule has 2 N–H and O–H groups in total. The lowest BCUT2D eigenvalue weighted by Gasteiger charge is -2.38. The van der Waals surface area contributed by atoms with Crippen LogP contribution in [0.15, 0.2) is 0 Å².